The number of halogens is 1. The summed E-state index contributed by atoms with van der Waals surface area (Å²) in [4.78, 5) is 42.5. The molecule has 0 saturated carbocycles. The van der Waals surface area contributed by atoms with E-state index in [4.69, 9.17) is 11.6 Å². The molecule has 1 amide bonds. The van der Waals surface area contributed by atoms with Crippen LogP contribution in [0.1, 0.15) is 22.9 Å². The molecular weight excluding hydrogens is 446 g/mol. The molecule has 6 nitrogen and oxygen atoms in total. The standard InChI is InChI=1S/C24H20ClN3O3S/c1-15(29)26-12-11-19-20(14-26)32-23-21(19)22(30)28(18-5-3-2-4-6-18)24(31)27(23)13-16-7-9-17(25)10-8-16/h2-10H,11-14H2,1H3. The number of amides is 1. The highest BCUT2D eigenvalue weighted by atomic mass is 35.5. The van der Waals surface area contributed by atoms with Gasteiger partial charge in [-0.2, -0.15) is 0 Å². The van der Waals surface area contributed by atoms with Gasteiger partial charge < -0.3 is 4.90 Å². The zero-order chi connectivity index (χ0) is 22.4. The van der Waals surface area contributed by atoms with Gasteiger partial charge in [0.15, 0.2) is 0 Å². The number of aromatic nitrogens is 2. The van der Waals surface area contributed by atoms with Gasteiger partial charge in [-0.05, 0) is 41.8 Å². The largest absolute Gasteiger partial charge is 0.337 e. The Kier molecular flexibility index (Phi) is 5.23. The van der Waals surface area contributed by atoms with Crippen LogP contribution in [0, 0.1) is 0 Å². The average Bonchev–Trinajstić information content (AvgIpc) is 3.17. The normalized spacial score (nSPS) is 13.4. The summed E-state index contributed by atoms with van der Waals surface area (Å²) >= 11 is 7.46. The van der Waals surface area contributed by atoms with Crippen LogP contribution in [-0.4, -0.2) is 26.5 Å². The minimum Gasteiger partial charge on any atom is -0.337 e. The Labute approximate surface area is 192 Å². The van der Waals surface area contributed by atoms with Crippen LogP contribution in [0.3, 0.4) is 0 Å². The van der Waals surface area contributed by atoms with E-state index in [1.165, 1.54) is 15.9 Å². The number of carbonyl (C=O) groups is 1. The molecular formula is C24H20ClN3O3S. The van der Waals surface area contributed by atoms with Crippen LogP contribution < -0.4 is 11.2 Å². The molecule has 3 heterocycles. The number of rotatable bonds is 3. The summed E-state index contributed by atoms with van der Waals surface area (Å²) in [5.41, 5.74) is 1.70. The molecule has 0 radical (unpaired) electrons. The Morgan fingerprint density at radius 2 is 1.78 bits per heavy atom. The highest BCUT2D eigenvalue weighted by Gasteiger charge is 2.27. The number of benzene rings is 2. The van der Waals surface area contributed by atoms with Crippen molar-refractivity contribution in [1.29, 1.82) is 0 Å². The van der Waals surface area contributed by atoms with E-state index in [1.54, 1.807) is 40.7 Å². The first-order chi connectivity index (χ1) is 15.4. The van der Waals surface area contributed by atoms with Crippen LogP contribution in [0.4, 0.5) is 0 Å². The van der Waals surface area contributed by atoms with Crippen molar-refractivity contribution in [3.63, 3.8) is 0 Å². The number of hydrogen-bond donors (Lipinski definition) is 0. The molecule has 162 valence electrons. The van der Waals surface area contributed by atoms with Crippen molar-refractivity contribution in [2.24, 2.45) is 0 Å². The van der Waals surface area contributed by atoms with Crippen molar-refractivity contribution >= 4 is 39.1 Å². The predicted molar refractivity (Wildman–Crippen MR) is 127 cm³/mol. The third-order valence-corrected chi connectivity index (χ3v) is 7.33. The smallest absolute Gasteiger partial charge is 0.337 e. The van der Waals surface area contributed by atoms with Gasteiger partial charge in [0.25, 0.3) is 5.56 Å². The van der Waals surface area contributed by atoms with Gasteiger partial charge in [-0.25, -0.2) is 9.36 Å². The second-order valence-electron chi connectivity index (χ2n) is 7.85. The van der Waals surface area contributed by atoms with Crippen molar-refractivity contribution in [2.75, 3.05) is 6.54 Å². The average molecular weight is 466 g/mol. The maximum absolute atomic E-state index is 13.6. The number of nitrogens with zero attached hydrogens (tertiary/aromatic N) is 3. The summed E-state index contributed by atoms with van der Waals surface area (Å²) in [6.45, 7) is 2.89. The summed E-state index contributed by atoms with van der Waals surface area (Å²) in [6.07, 6.45) is 0.595. The maximum Gasteiger partial charge on any atom is 0.337 e. The summed E-state index contributed by atoms with van der Waals surface area (Å²) < 4.78 is 2.91. The van der Waals surface area contributed by atoms with Gasteiger partial charge >= 0.3 is 5.69 Å². The van der Waals surface area contributed by atoms with Gasteiger partial charge in [0.2, 0.25) is 5.91 Å². The van der Waals surface area contributed by atoms with Gasteiger partial charge in [0.05, 0.1) is 24.2 Å². The molecule has 2 aromatic carbocycles. The van der Waals surface area contributed by atoms with Crippen LogP contribution >= 0.6 is 22.9 Å². The lowest BCUT2D eigenvalue weighted by molar-refractivity contribution is -0.129. The third-order valence-electron chi connectivity index (χ3n) is 5.84. The van der Waals surface area contributed by atoms with Gasteiger partial charge in [-0.3, -0.25) is 14.2 Å². The van der Waals surface area contributed by atoms with Crippen LogP contribution in [0.15, 0.2) is 64.2 Å². The SMILES string of the molecule is CC(=O)N1CCc2c(sc3c2c(=O)n(-c2ccccc2)c(=O)n3Cc2ccc(Cl)cc2)C1. The van der Waals surface area contributed by atoms with E-state index in [-0.39, 0.29) is 17.2 Å². The molecule has 0 bridgehead atoms. The van der Waals surface area contributed by atoms with E-state index >= 15 is 0 Å². The van der Waals surface area contributed by atoms with Crippen LogP contribution in [-0.2, 0) is 24.3 Å². The second-order valence-corrected chi connectivity index (χ2v) is 9.37. The molecule has 0 atom stereocenters. The Morgan fingerprint density at radius 3 is 2.47 bits per heavy atom. The van der Waals surface area contributed by atoms with E-state index in [1.807, 2.05) is 30.3 Å². The number of hydrogen-bond acceptors (Lipinski definition) is 4. The monoisotopic (exact) mass is 465 g/mol. The Bertz CT molecular complexity index is 1450. The second kappa shape index (κ2) is 8.07. The van der Waals surface area contributed by atoms with Crippen LogP contribution in [0.2, 0.25) is 5.02 Å². The van der Waals surface area contributed by atoms with Crippen LogP contribution in [0.5, 0.6) is 0 Å². The molecule has 32 heavy (non-hydrogen) atoms. The zero-order valence-corrected chi connectivity index (χ0v) is 18.9. The van der Waals surface area contributed by atoms with E-state index in [2.05, 4.69) is 0 Å². The molecule has 0 aliphatic carbocycles. The fourth-order valence-corrected chi connectivity index (χ4v) is 5.66. The molecule has 5 rings (SSSR count). The summed E-state index contributed by atoms with van der Waals surface area (Å²) in [6, 6.07) is 16.3. The first-order valence-corrected chi connectivity index (χ1v) is 11.5. The molecule has 0 fully saturated rings. The molecule has 4 aromatic rings. The quantitative estimate of drug-likeness (QED) is 0.462. The first kappa shape index (κ1) is 20.7. The van der Waals surface area contributed by atoms with Gasteiger partial charge in [0.1, 0.15) is 4.83 Å². The molecule has 0 unspecified atom stereocenters. The molecule has 1 aliphatic heterocycles. The highest BCUT2D eigenvalue weighted by Crippen LogP contribution is 2.33. The van der Waals surface area contributed by atoms with E-state index in [9.17, 15) is 14.4 Å². The van der Waals surface area contributed by atoms with Crippen molar-refractivity contribution in [2.45, 2.75) is 26.4 Å². The zero-order valence-electron chi connectivity index (χ0n) is 17.4. The predicted octanol–water partition coefficient (Wildman–Crippen LogP) is 3.82. The third kappa shape index (κ3) is 3.47. The number of para-hydroxylation sites is 1. The molecule has 8 heteroatoms. The topological polar surface area (TPSA) is 64.3 Å². The molecule has 0 saturated heterocycles. The molecule has 0 N–H and O–H groups in total. The fourth-order valence-electron chi connectivity index (χ4n) is 4.19. The number of fused-ring (bicyclic) bond motifs is 3. The highest BCUT2D eigenvalue weighted by molar-refractivity contribution is 7.18. The van der Waals surface area contributed by atoms with E-state index in [0.29, 0.717) is 47.0 Å². The Morgan fingerprint density at radius 1 is 1.06 bits per heavy atom. The van der Waals surface area contributed by atoms with Gasteiger partial charge in [0, 0.05) is 23.4 Å². The fraction of sp³-hybridized carbons (Fsp3) is 0.208. The van der Waals surface area contributed by atoms with E-state index in [0.717, 1.165) is 16.0 Å². The molecule has 2 aromatic heterocycles. The lowest BCUT2D eigenvalue weighted by Crippen LogP contribution is -2.39. The maximum atomic E-state index is 13.6. The van der Waals surface area contributed by atoms with Crippen molar-refractivity contribution in [3.05, 3.63) is 96.5 Å². The lowest BCUT2D eigenvalue weighted by atomic mass is 10.1. The molecule has 1 aliphatic rings. The molecule has 0 spiro atoms. The Hall–Kier alpha value is -3.16. The first-order valence-electron chi connectivity index (χ1n) is 10.3. The van der Waals surface area contributed by atoms with Gasteiger partial charge in [-0.1, -0.05) is 41.9 Å². The van der Waals surface area contributed by atoms with Crippen molar-refractivity contribution < 1.29 is 4.79 Å². The van der Waals surface area contributed by atoms with Crippen LogP contribution in [0.25, 0.3) is 15.9 Å². The van der Waals surface area contributed by atoms with Gasteiger partial charge in [-0.15, -0.1) is 11.3 Å². The minimum atomic E-state index is -0.384. The van der Waals surface area contributed by atoms with E-state index < -0.39 is 0 Å². The summed E-state index contributed by atoms with van der Waals surface area (Å²) in [5, 5.41) is 1.20. The lowest BCUT2D eigenvalue weighted by Gasteiger charge is -2.25. The summed E-state index contributed by atoms with van der Waals surface area (Å²) in [7, 11) is 0. The number of carbonyl (C=O) groups excluding carboxylic acids is 1. The Balaban J connectivity index is 1.79. The number of thiophene rings is 1. The van der Waals surface area contributed by atoms with Crippen molar-refractivity contribution in [3.8, 4) is 5.69 Å². The summed E-state index contributed by atoms with van der Waals surface area (Å²) in [5.74, 6) is 0.00774. The van der Waals surface area contributed by atoms with Crippen molar-refractivity contribution in [1.82, 2.24) is 14.0 Å². The minimum absolute atomic E-state index is 0.00774.